The van der Waals surface area contributed by atoms with Crippen LogP contribution in [0.3, 0.4) is 0 Å². The first-order chi connectivity index (χ1) is 5.22. The van der Waals surface area contributed by atoms with E-state index in [9.17, 15) is 4.79 Å². The van der Waals surface area contributed by atoms with Crippen LogP contribution in [0.4, 0.5) is 0 Å². The highest BCUT2D eigenvalue weighted by Gasteiger charge is 2.11. The van der Waals surface area contributed by atoms with Crippen molar-refractivity contribution in [2.24, 2.45) is 5.73 Å². The first-order valence-corrected chi connectivity index (χ1v) is 3.75. The van der Waals surface area contributed by atoms with Crippen molar-refractivity contribution in [2.75, 3.05) is 6.61 Å². The summed E-state index contributed by atoms with van der Waals surface area (Å²) < 4.78 is 4.70. The summed E-state index contributed by atoms with van der Waals surface area (Å²) in [5.74, 6) is -0.328. The van der Waals surface area contributed by atoms with Crippen molar-refractivity contribution in [1.29, 1.82) is 0 Å². The van der Waals surface area contributed by atoms with E-state index in [1.54, 1.807) is 6.92 Å². The summed E-state index contributed by atoms with van der Waals surface area (Å²) in [6.07, 6.45) is 4.26. The van der Waals surface area contributed by atoms with Crippen LogP contribution in [-0.4, -0.2) is 18.6 Å². The van der Waals surface area contributed by atoms with Gasteiger partial charge in [-0.1, -0.05) is 12.2 Å². The fourth-order valence-corrected chi connectivity index (χ4v) is 0.628. The molecule has 3 heteroatoms. The number of hydrogen-bond donors (Lipinski definition) is 1. The fraction of sp³-hybridized carbons (Fsp3) is 0.625. The Balaban J connectivity index is 3.63. The molecule has 0 aromatic carbocycles. The van der Waals surface area contributed by atoms with E-state index in [2.05, 4.69) is 0 Å². The van der Waals surface area contributed by atoms with Crippen LogP contribution in [0.5, 0.6) is 0 Å². The molecule has 0 amide bonds. The molecular weight excluding hydrogens is 142 g/mol. The molecule has 64 valence electrons. The minimum absolute atomic E-state index is 0.328. The SMILES string of the molecule is C/C=C\C[C@@H](N)C(=O)OCC. The zero-order valence-electron chi connectivity index (χ0n) is 7.04. The molecule has 0 aliphatic rings. The molecule has 0 radical (unpaired) electrons. The molecule has 1 atom stereocenters. The lowest BCUT2D eigenvalue weighted by Gasteiger charge is -2.06. The number of esters is 1. The molecule has 0 spiro atoms. The molecular formula is C8H15NO2. The van der Waals surface area contributed by atoms with Crippen molar-refractivity contribution in [3.8, 4) is 0 Å². The van der Waals surface area contributed by atoms with Gasteiger partial charge in [-0.25, -0.2) is 0 Å². The van der Waals surface area contributed by atoms with E-state index in [0.717, 1.165) is 0 Å². The zero-order chi connectivity index (χ0) is 8.69. The maximum Gasteiger partial charge on any atom is 0.323 e. The Morgan fingerprint density at radius 1 is 1.73 bits per heavy atom. The lowest BCUT2D eigenvalue weighted by Crippen LogP contribution is -2.31. The van der Waals surface area contributed by atoms with Gasteiger partial charge < -0.3 is 10.5 Å². The minimum atomic E-state index is -0.508. The molecule has 0 unspecified atom stereocenters. The monoisotopic (exact) mass is 157 g/mol. The third-order valence-corrected chi connectivity index (χ3v) is 1.22. The summed E-state index contributed by atoms with van der Waals surface area (Å²) in [6.45, 7) is 4.04. The molecule has 0 saturated heterocycles. The Morgan fingerprint density at radius 3 is 2.82 bits per heavy atom. The van der Waals surface area contributed by atoms with Crippen LogP contribution in [0, 0.1) is 0 Å². The maximum absolute atomic E-state index is 10.9. The van der Waals surface area contributed by atoms with Crippen LogP contribution in [-0.2, 0) is 9.53 Å². The van der Waals surface area contributed by atoms with Crippen molar-refractivity contribution in [3.63, 3.8) is 0 Å². The first kappa shape index (κ1) is 10.2. The van der Waals surface area contributed by atoms with Gasteiger partial charge in [-0.2, -0.15) is 0 Å². The molecule has 0 heterocycles. The van der Waals surface area contributed by atoms with Crippen LogP contribution < -0.4 is 5.73 Å². The third kappa shape index (κ3) is 4.56. The Morgan fingerprint density at radius 2 is 2.36 bits per heavy atom. The number of nitrogens with two attached hydrogens (primary N) is 1. The molecule has 3 nitrogen and oxygen atoms in total. The van der Waals surface area contributed by atoms with Crippen LogP contribution in [0.25, 0.3) is 0 Å². The van der Waals surface area contributed by atoms with Crippen molar-refractivity contribution in [1.82, 2.24) is 0 Å². The van der Waals surface area contributed by atoms with Gasteiger partial charge in [-0.3, -0.25) is 4.79 Å². The molecule has 0 saturated carbocycles. The van der Waals surface area contributed by atoms with Gasteiger partial charge in [-0.15, -0.1) is 0 Å². The molecule has 2 N–H and O–H groups in total. The predicted octanol–water partition coefficient (Wildman–Crippen LogP) is 0.843. The largest absolute Gasteiger partial charge is 0.465 e. The Bertz CT molecular complexity index is 143. The quantitative estimate of drug-likeness (QED) is 0.486. The van der Waals surface area contributed by atoms with E-state index in [0.29, 0.717) is 13.0 Å². The molecule has 0 bridgehead atoms. The van der Waals surface area contributed by atoms with E-state index in [1.807, 2.05) is 19.1 Å². The van der Waals surface area contributed by atoms with Crippen LogP contribution in [0.2, 0.25) is 0 Å². The van der Waals surface area contributed by atoms with Crippen molar-refractivity contribution >= 4 is 5.97 Å². The summed E-state index contributed by atoms with van der Waals surface area (Å²) in [5.41, 5.74) is 5.46. The number of allylic oxidation sites excluding steroid dienone is 1. The van der Waals surface area contributed by atoms with E-state index in [1.165, 1.54) is 0 Å². The lowest BCUT2D eigenvalue weighted by atomic mass is 10.2. The maximum atomic E-state index is 10.9. The highest BCUT2D eigenvalue weighted by Crippen LogP contribution is 1.93. The van der Waals surface area contributed by atoms with Crippen LogP contribution in [0.1, 0.15) is 20.3 Å². The van der Waals surface area contributed by atoms with Crippen LogP contribution >= 0.6 is 0 Å². The third-order valence-electron chi connectivity index (χ3n) is 1.22. The Labute approximate surface area is 67.2 Å². The molecule has 0 aliphatic heterocycles. The van der Waals surface area contributed by atoms with E-state index in [4.69, 9.17) is 10.5 Å². The molecule has 0 rings (SSSR count). The predicted molar refractivity (Wildman–Crippen MR) is 44.0 cm³/mol. The van der Waals surface area contributed by atoms with Gasteiger partial charge in [0.1, 0.15) is 6.04 Å². The summed E-state index contributed by atoms with van der Waals surface area (Å²) in [7, 11) is 0. The van der Waals surface area contributed by atoms with Crippen LogP contribution in [0.15, 0.2) is 12.2 Å². The van der Waals surface area contributed by atoms with Crippen molar-refractivity contribution < 1.29 is 9.53 Å². The lowest BCUT2D eigenvalue weighted by molar-refractivity contribution is -0.144. The number of hydrogen-bond acceptors (Lipinski definition) is 3. The standard InChI is InChI=1S/C8H15NO2/c1-3-5-6-7(9)8(10)11-4-2/h3,5,7H,4,6,9H2,1-2H3/b5-3-/t7-/m1/s1. The summed E-state index contributed by atoms with van der Waals surface area (Å²) in [6, 6.07) is -0.508. The van der Waals surface area contributed by atoms with Gasteiger partial charge in [0.2, 0.25) is 0 Å². The Kier molecular flexibility index (Phi) is 5.47. The molecule has 0 aromatic heterocycles. The summed E-state index contributed by atoms with van der Waals surface area (Å²) in [5, 5.41) is 0. The molecule has 0 aromatic rings. The highest BCUT2D eigenvalue weighted by molar-refractivity contribution is 5.75. The first-order valence-electron chi connectivity index (χ1n) is 3.75. The second-order valence-electron chi connectivity index (χ2n) is 2.16. The average molecular weight is 157 g/mol. The van der Waals surface area contributed by atoms with E-state index >= 15 is 0 Å². The van der Waals surface area contributed by atoms with Crippen molar-refractivity contribution in [3.05, 3.63) is 12.2 Å². The topological polar surface area (TPSA) is 52.3 Å². The number of carbonyl (C=O) groups excluding carboxylic acids is 1. The van der Waals surface area contributed by atoms with Gasteiger partial charge in [0.25, 0.3) is 0 Å². The fourth-order valence-electron chi connectivity index (χ4n) is 0.628. The molecule has 0 fully saturated rings. The second kappa shape index (κ2) is 5.92. The molecule has 0 aliphatic carbocycles. The normalized spacial score (nSPS) is 13.4. The summed E-state index contributed by atoms with van der Waals surface area (Å²) in [4.78, 5) is 10.9. The second-order valence-corrected chi connectivity index (χ2v) is 2.16. The van der Waals surface area contributed by atoms with Gasteiger partial charge in [-0.05, 0) is 20.3 Å². The number of ether oxygens (including phenoxy) is 1. The number of rotatable bonds is 4. The zero-order valence-corrected chi connectivity index (χ0v) is 7.04. The van der Waals surface area contributed by atoms with E-state index < -0.39 is 6.04 Å². The highest BCUT2D eigenvalue weighted by atomic mass is 16.5. The van der Waals surface area contributed by atoms with Gasteiger partial charge in [0, 0.05) is 0 Å². The van der Waals surface area contributed by atoms with Crippen molar-refractivity contribution in [2.45, 2.75) is 26.3 Å². The molecule has 11 heavy (non-hydrogen) atoms. The van der Waals surface area contributed by atoms with Gasteiger partial charge >= 0.3 is 5.97 Å². The average Bonchev–Trinajstić information content (AvgIpc) is 2.00. The van der Waals surface area contributed by atoms with E-state index in [-0.39, 0.29) is 5.97 Å². The Hall–Kier alpha value is -0.830. The van der Waals surface area contributed by atoms with Gasteiger partial charge in [0.05, 0.1) is 6.61 Å². The van der Waals surface area contributed by atoms with Gasteiger partial charge in [0.15, 0.2) is 0 Å². The number of carbonyl (C=O) groups is 1. The summed E-state index contributed by atoms with van der Waals surface area (Å²) >= 11 is 0. The smallest absolute Gasteiger partial charge is 0.323 e. The minimum Gasteiger partial charge on any atom is -0.465 e.